The van der Waals surface area contributed by atoms with Gasteiger partial charge in [-0.2, -0.15) is 0 Å². The first-order chi connectivity index (χ1) is 9.67. The van der Waals surface area contributed by atoms with Gasteiger partial charge in [0.05, 0.1) is 6.61 Å². The van der Waals surface area contributed by atoms with Crippen LogP contribution in [0.2, 0.25) is 0 Å². The van der Waals surface area contributed by atoms with E-state index in [2.05, 4.69) is 31.0 Å². The fourth-order valence-corrected chi connectivity index (χ4v) is 3.27. The zero-order valence-corrected chi connectivity index (χ0v) is 14.2. The molecular weight excluding hydrogens is 248 g/mol. The topological polar surface area (TPSA) is 24.5 Å². The van der Waals surface area contributed by atoms with Crippen molar-refractivity contribution in [2.45, 2.75) is 58.9 Å². The minimum Gasteiger partial charge on any atom is -0.383 e. The van der Waals surface area contributed by atoms with Gasteiger partial charge in [-0.1, -0.05) is 33.6 Å². The predicted octanol–water partition coefficient (Wildman–Crippen LogP) is 3.15. The number of nitrogens with one attached hydrogen (secondary N) is 1. The number of rotatable bonds is 9. The van der Waals surface area contributed by atoms with E-state index in [0.29, 0.717) is 6.04 Å². The minimum absolute atomic E-state index is 0.541. The van der Waals surface area contributed by atoms with Gasteiger partial charge in [-0.05, 0) is 50.7 Å². The Bertz CT molecular complexity index is 233. The lowest BCUT2D eigenvalue weighted by molar-refractivity contribution is 0.0900. The van der Waals surface area contributed by atoms with Crippen LogP contribution < -0.4 is 5.32 Å². The molecule has 20 heavy (non-hydrogen) atoms. The maximum atomic E-state index is 5.45. The number of likely N-dealkylation sites (tertiary alicyclic amines) is 1. The summed E-state index contributed by atoms with van der Waals surface area (Å²) >= 11 is 0. The van der Waals surface area contributed by atoms with Crippen molar-refractivity contribution in [2.75, 3.05) is 39.9 Å². The van der Waals surface area contributed by atoms with Gasteiger partial charge in [0.2, 0.25) is 0 Å². The average Bonchev–Trinajstić information content (AvgIpc) is 2.63. The normalized spacial score (nSPS) is 22.9. The highest BCUT2D eigenvalue weighted by Gasteiger charge is 2.22. The average molecular weight is 284 g/mol. The molecule has 1 saturated heterocycles. The highest BCUT2D eigenvalue weighted by Crippen LogP contribution is 2.22. The minimum atomic E-state index is 0.541. The molecule has 1 aliphatic heterocycles. The molecule has 3 nitrogen and oxygen atoms in total. The van der Waals surface area contributed by atoms with Gasteiger partial charge in [0, 0.05) is 19.7 Å². The van der Waals surface area contributed by atoms with Crippen LogP contribution in [0.25, 0.3) is 0 Å². The lowest BCUT2D eigenvalue weighted by atomic mass is 9.96. The molecule has 0 aliphatic carbocycles. The van der Waals surface area contributed by atoms with E-state index < -0.39 is 0 Å². The van der Waals surface area contributed by atoms with Crippen molar-refractivity contribution in [1.29, 1.82) is 0 Å². The second-order valence-electron chi connectivity index (χ2n) is 6.78. The molecule has 2 unspecified atom stereocenters. The van der Waals surface area contributed by atoms with E-state index in [-0.39, 0.29) is 0 Å². The second-order valence-corrected chi connectivity index (χ2v) is 6.78. The van der Waals surface area contributed by atoms with Crippen LogP contribution in [0, 0.1) is 11.8 Å². The third-order valence-corrected chi connectivity index (χ3v) is 4.39. The van der Waals surface area contributed by atoms with Gasteiger partial charge in [0.1, 0.15) is 0 Å². The summed E-state index contributed by atoms with van der Waals surface area (Å²) in [4.78, 5) is 2.66. The molecule has 1 rings (SSSR count). The molecular formula is C17H36N2O. The molecule has 0 amide bonds. The van der Waals surface area contributed by atoms with E-state index in [9.17, 15) is 0 Å². The summed E-state index contributed by atoms with van der Waals surface area (Å²) in [6.45, 7) is 12.4. The Balaban J connectivity index is 2.40. The van der Waals surface area contributed by atoms with Gasteiger partial charge in [0.15, 0.2) is 0 Å². The predicted molar refractivity (Wildman–Crippen MR) is 87.2 cm³/mol. The first kappa shape index (κ1) is 17.9. The molecule has 0 spiro atoms. The Morgan fingerprint density at radius 1 is 1.20 bits per heavy atom. The van der Waals surface area contributed by atoms with Gasteiger partial charge in [-0.25, -0.2) is 0 Å². The highest BCUT2D eigenvalue weighted by atomic mass is 16.5. The summed E-state index contributed by atoms with van der Waals surface area (Å²) in [5, 5.41) is 3.60. The van der Waals surface area contributed by atoms with E-state index >= 15 is 0 Å². The van der Waals surface area contributed by atoms with Crippen molar-refractivity contribution in [3.63, 3.8) is 0 Å². The zero-order chi connectivity index (χ0) is 14.8. The fraction of sp³-hybridized carbons (Fsp3) is 1.00. The molecule has 1 heterocycles. The molecule has 0 saturated carbocycles. The lowest BCUT2D eigenvalue weighted by Crippen LogP contribution is -2.46. The van der Waals surface area contributed by atoms with Crippen LogP contribution in [-0.2, 0) is 4.74 Å². The fourth-order valence-electron chi connectivity index (χ4n) is 3.27. The van der Waals surface area contributed by atoms with E-state index in [0.717, 1.165) is 31.5 Å². The van der Waals surface area contributed by atoms with Crippen LogP contribution in [0.1, 0.15) is 52.9 Å². The summed E-state index contributed by atoms with van der Waals surface area (Å²) in [5.74, 6) is 1.67. The van der Waals surface area contributed by atoms with Crippen molar-refractivity contribution in [1.82, 2.24) is 10.2 Å². The molecule has 0 aromatic heterocycles. The van der Waals surface area contributed by atoms with Gasteiger partial charge < -0.3 is 10.1 Å². The monoisotopic (exact) mass is 284 g/mol. The molecule has 0 radical (unpaired) electrons. The SMILES string of the molecule is CCCC1CCCN(C(CNCC(C)C)COC)CC1. The Kier molecular flexibility index (Phi) is 9.49. The highest BCUT2D eigenvalue weighted by molar-refractivity contribution is 4.78. The number of methoxy groups -OCH3 is 1. The summed E-state index contributed by atoms with van der Waals surface area (Å²) in [7, 11) is 1.83. The molecule has 120 valence electrons. The van der Waals surface area contributed by atoms with Gasteiger partial charge in [0.25, 0.3) is 0 Å². The molecule has 0 aromatic carbocycles. The first-order valence-electron chi connectivity index (χ1n) is 8.61. The first-order valence-corrected chi connectivity index (χ1v) is 8.61. The molecule has 1 aliphatic rings. The molecule has 0 bridgehead atoms. The Labute approximate surface area is 126 Å². The van der Waals surface area contributed by atoms with Crippen molar-refractivity contribution in [3.8, 4) is 0 Å². The Morgan fingerprint density at radius 3 is 2.65 bits per heavy atom. The van der Waals surface area contributed by atoms with Crippen LogP contribution in [-0.4, -0.2) is 50.8 Å². The van der Waals surface area contributed by atoms with E-state index in [1.807, 2.05) is 7.11 Å². The van der Waals surface area contributed by atoms with E-state index in [1.54, 1.807) is 0 Å². The van der Waals surface area contributed by atoms with Gasteiger partial charge in [-0.3, -0.25) is 4.90 Å². The smallest absolute Gasteiger partial charge is 0.0630 e. The van der Waals surface area contributed by atoms with Crippen LogP contribution in [0.15, 0.2) is 0 Å². The maximum Gasteiger partial charge on any atom is 0.0630 e. The summed E-state index contributed by atoms with van der Waals surface area (Å²) in [5.41, 5.74) is 0. The molecule has 2 atom stereocenters. The van der Waals surface area contributed by atoms with Crippen molar-refractivity contribution < 1.29 is 4.74 Å². The third kappa shape index (κ3) is 7.05. The molecule has 0 aromatic rings. The standard InChI is InChI=1S/C17H36N2O/c1-5-7-16-8-6-10-19(11-9-16)17(14-20-4)13-18-12-15(2)3/h15-18H,5-14H2,1-4H3. The molecule has 3 heteroatoms. The summed E-state index contributed by atoms with van der Waals surface area (Å²) in [6, 6.07) is 0.541. The lowest BCUT2D eigenvalue weighted by Gasteiger charge is -2.30. The number of nitrogens with zero attached hydrogens (tertiary/aromatic N) is 1. The van der Waals surface area contributed by atoms with E-state index in [1.165, 1.54) is 45.2 Å². The quantitative estimate of drug-likeness (QED) is 0.704. The van der Waals surface area contributed by atoms with Crippen LogP contribution in [0.4, 0.5) is 0 Å². The van der Waals surface area contributed by atoms with Gasteiger partial charge >= 0.3 is 0 Å². The van der Waals surface area contributed by atoms with Crippen LogP contribution >= 0.6 is 0 Å². The van der Waals surface area contributed by atoms with Crippen molar-refractivity contribution >= 4 is 0 Å². The summed E-state index contributed by atoms with van der Waals surface area (Å²) < 4.78 is 5.45. The molecule has 1 N–H and O–H groups in total. The zero-order valence-electron chi connectivity index (χ0n) is 14.2. The van der Waals surface area contributed by atoms with Gasteiger partial charge in [-0.15, -0.1) is 0 Å². The van der Waals surface area contributed by atoms with Crippen molar-refractivity contribution in [2.24, 2.45) is 11.8 Å². The Hall–Kier alpha value is -0.120. The Morgan fingerprint density at radius 2 is 2.00 bits per heavy atom. The van der Waals surface area contributed by atoms with Crippen LogP contribution in [0.5, 0.6) is 0 Å². The third-order valence-electron chi connectivity index (χ3n) is 4.39. The number of hydrogen-bond donors (Lipinski definition) is 1. The largest absolute Gasteiger partial charge is 0.383 e. The maximum absolute atomic E-state index is 5.45. The molecule has 1 fully saturated rings. The van der Waals surface area contributed by atoms with Crippen LogP contribution in [0.3, 0.4) is 0 Å². The van der Waals surface area contributed by atoms with Crippen molar-refractivity contribution in [3.05, 3.63) is 0 Å². The summed E-state index contributed by atoms with van der Waals surface area (Å²) in [6.07, 6.45) is 6.90. The van der Waals surface area contributed by atoms with E-state index in [4.69, 9.17) is 4.74 Å². The number of ether oxygens (including phenoxy) is 1. The second kappa shape index (κ2) is 10.6. The number of hydrogen-bond acceptors (Lipinski definition) is 3.